The molecule has 1 aromatic carbocycles. The lowest BCUT2D eigenvalue weighted by Crippen LogP contribution is -2.19. The molecule has 0 aliphatic heterocycles. The van der Waals surface area contributed by atoms with E-state index in [1.165, 1.54) is 12.1 Å². The molecule has 0 amide bonds. The van der Waals surface area contributed by atoms with Gasteiger partial charge in [0, 0.05) is 17.5 Å². The van der Waals surface area contributed by atoms with Crippen LogP contribution in [0.4, 0.5) is 4.39 Å². The van der Waals surface area contributed by atoms with E-state index in [-0.39, 0.29) is 23.6 Å². The van der Waals surface area contributed by atoms with E-state index in [2.05, 4.69) is 0 Å². The second-order valence-corrected chi connectivity index (χ2v) is 3.77. The second kappa shape index (κ2) is 3.95. The lowest BCUT2D eigenvalue weighted by molar-refractivity contribution is 0.0942. The van der Waals surface area contributed by atoms with Gasteiger partial charge in [0.2, 0.25) is 0 Å². The molecule has 0 radical (unpaired) electrons. The fourth-order valence-corrected chi connectivity index (χ4v) is 1.78. The SMILES string of the molecule is NC1C=CC(C(=O)c2cccc(F)c2)C1. The number of carbonyl (C=O) groups excluding carboxylic acids is 1. The highest BCUT2D eigenvalue weighted by Crippen LogP contribution is 2.21. The number of Topliss-reactive ketones (excluding diaryl/α,β-unsaturated/α-hetero) is 1. The summed E-state index contributed by atoms with van der Waals surface area (Å²) >= 11 is 0. The molecule has 1 aliphatic carbocycles. The first kappa shape index (κ1) is 10.1. The van der Waals surface area contributed by atoms with E-state index in [1.807, 2.05) is 6.08 Å². The minimum absolute atomic E-state index is 0.0486. The number of benzene rings is 1. The Hall–Kier alpha value is -1.48. The minimum atomic E-state index is -0.382. The molecule has 2 unspecified atom stereocenters. The van der Waals surface area contributed by atoms with Crippen LogP contribution in [0.15, 0.2) is 36.4 Å². The predicted octanol–water partition coefficient (Wildman–Crippen LogP) is 1.91. The first-order valence-electron chi connectivity index (χ1n) is 4.90. The van der Waals surface area contributed by atoms with Crippen LogP contribution in [0.25, 0.3) is 0 Å². The summed E-state index contributed by atoms with van der Waals surface area (Å²) in [7, 11) is 0. The van der Waals surface area contributed by atoms with Gasteiger partial charge in [-0.1, -0.05) is 24.3 Å². The van der Waals surface area contributed by atoms with Crippen molar-refractivity contribution in [1.29, 1.82) is 0 Å². The zero-order valence-electron chi connectivity index (χ0n) is 8.19. The summed E-state index contributed by atoms with van der Waals surface area (Å²) < 4.78 is 12.9. The van der Waals surface area contributed by atoms with Gasteiger partial charge in [-0.15, -0.1) is 0 Å². The average Bonchev–Trinajstić information content (AvgIpc) is 2.64. The van der Waals surface area contributed by atoms with Gasteiger partial charge in [-0.3, -0.25) is 4.79 Å². The molecule has 0 bridgehead atoms. The van der Waals surface area contributed by atoms with Crippen molar-refractivity contribution in [2.75, 3.05) is 0 Å². The summed E-state index contributed by atoms with van der Waals surface area (Å²) in [5.74, 6) is -0.632. The molecule has 0 aromatic heterocycles. The summed E-state index contributed by atoms with van der Waals surface area (Å²) in [6, 6.07) is 5.71. The molecular weight excluding hydrogens is 193 g/mol. The largest absolute Gasteiger partial charge is 0.324 e. The molecule has 0 saturated heterocycles. The Morgan fingerprint density at radius 3 is 2.80 bits per heavy atom. The highest BCUT2D eigenvalue weighted by Gasteiger charge is 2.23. The fourth-order valence-electron chi connectivity index (χ4n) is 1.78. The number of hydrogen-bond donors (Lipinski definition) is 1. The molecule has 3 heteroatoms. The number of allylic oxidation sites excluding steroid dienone is 1. The van der Waals surface area contributed by atoms with Gasteiger partial charge >= 0.3 is 0 Å². The van der Waals surface area contributed by atoms with Gasteiger partial charge in [-0.25, -0.2) is 4.39 Å². The number of carbonyl (C=O) groups is 1. The molecule has 2 N–H and O–H groups in total. The third-order valence-corrected chi connectivity index (χ3v) is 2.56. The first-order chi connectivity index (χ1) is 7.16. The van der Waals surface area contributed by atoms with Gasteiger partial charge < -0.3 is 5.73 Å². The normalized spacial score (nSPS) is 24.4. The van der Waals surface area contributed by atoms with Crippen molar-refractivity contribution in [2.45, 2.75) is 12.5 Å². The average molecular weight is 205 g/mol. The number of ketones is 1. The van der Waals surface area contributed by atoms with E-state index in [9.17, 15) is 9.18 Å². The van der Waals surface area contributed by atoms with Crippen molar-refractivity contribution in [1.82, 2.24) is 0 Å². The second-order valence-electron chi connectivity index (χ2n) is 3.77. The van der Waals surface area contributed by atoms with Crippen LogP contribution < -0.4 is 5.73 Å². The Morgan fingerprint density at radius 1 is 1.40 bits per heavy atom. The molecule has 2 rings (SSSR count). The van der Waals surface area contributed by atoms with E-state index >= 15 is 0 Å². The number of hydrogen-bond acceptors (Lipinski definition) is 2. The van der Waals surface area contributed by atoms with E-state index in [4.69, 9.17) is 5.73 Å². The van der Waals surface area contributed by atoms with Crippen LogP contribution in [0.5, 0.6) is 0 Å². The van der Waals surface area contributed by atoms with E-state index in [0.717, 1.165) is 0 Å². The predicted molar refractivity (Wildman–Crippen MR) is 56.0 cm³/mol. The third kappa shape index (κ3) is 2.13. The lowest BCUT2D eigenvalue weighted by atomic mass is 9.96. The Kier molecular flexibility index (Phi) is 2.64. The van der Waals surface area contributed by atoms with Crippen molar-refractivity contribution >= 4 is 5.78 Å². The first-order valence-corrected chi connectivity index (χ1v) is 4.90. The molecule has 0 heterocycles. The van der Waals surface area contributed by atoms with Crippen molar-refractivity contribution in [3.63, 3.8) is 0 Å². The maximum absolute atomic E-state index is 12.9. The van der Waals surface area contributed by atoms with Crippen molar-refractivity contribution in [3.8, 4) is 0 Å². The van der Waals surface area contributed by atoms with Crippen LogP contribution in [0.2, 0.25) is 0 Å². The standard InChI is InChI=1S/C12H12FNO/c13-10-3-1-2-8(6-10)12(15)9-4-5-11(14)7-9/h1-6,9,11H,7,14H2. The van der Waals surface area contributed by atoms with Gasteiger partial charge in [0.15, 0.2) is 5.78 Å². The molecule has 0 spiro atoms. The van der Waals surface area contributed by atoms with Crippen molar-refractivity contribution in [2.24, 2.45) is 11.7 Å². The number of rotatable bonds is 2. The Balaban J connectivity index is 2.18. The Bertz CT molecular complexity index is 414. The summed E-state index contributed by atoms with van der Waals surface area (Å²) in [4.78, 5) is 11.9. The molecule has 0 fully saturated rings. The van der Waals surface area contributed by atoms with Crippen LogP contribution in [0.3, 0.4) is 0 Å². The lowest BCUT2D eigenvalue weighted by Gasteiger charge is -2.07. The van der Waals surface area contributed by atoms with E-state index in [1.54, 1.807) is 18.2 Å². The molecule has 1 aromatic rings. The monoisotopic (exact) mass is 205 g/mol. The Labute approximate surface area is 87.6 Å². The van der Waals surface area contributed by atoms with Crippen LogP contribution >= 0.6 is 0 Å². The molecule has 78 valence electrons. The summed E-state index contributed by atoms with van der Waals surface area (Å²) in [6.45, 7) is 0. The third-order valence-electron chi connectivity index (χ3n) is 2.56. The molecule has 0 saturated carbocycles. The highest BCUT2D eigenvalue weighted by atomic mass is 19.1. The van der Waals surface area contributed by atoms with E-state index < -0.39 is 0 Å². The summed E-state index contributed by atoms with van der Waals surface area (Å²) in [5, 5.41) is 0. The van der Waals surface area contributed by atoms with Crippen molar-refractivity contribution in [3.05, 3.63) is 47.8 Å². The summed E-state index contributed by atoms with van der Waals surface area (Å²) in [6.07, 6.45) is 4.25. The zero-order chi connectivity index (χ0) is 10.8. The van der Waals surface area contributed by atoms with E-state index in [0.29, 0.717) is 12.0 Å². The smallest absolute Gasteiger partial charge is 0.169 e. The zero-order valence-corrected chi connectivity index (χ0v) is 8.19. The van der Waals surface area contributed by atoms with Gasteiger partial charge in [-0.2, -0.15) is 0 Å². The minimum Gasteiger partial charge on any atom is -0.324 e. The van der Waals surface area contributed by atoms with Crippen LogP contribution in [0.1, 0.15) is 16.8 Å². The fraction of sp³-hybridized carbons (Fsp3) is 0.250. The van der Waals surface area contributed by atoms with Crippen LogP contribution in [0, 0.1) is 11.7 Å². The molecule has 15 heavy (non-hydrogen) atoms. The highest BCUT2D eigenvalue weighted by molar-refractivity contribution is 5.99. The maximum Gasteiger partial charge on any atom is 0.169 e. The number of halogens is 1. The molecule has 2 nitrogen and oxygen atoms in total. The maximum atomic E-state index is 12.9. The number of nitrogens with two attached hydrogens (primary N) is 1. The molecule has 1 aliphatic rings. The Morgan fingerprint density at radius 2 is 2.20 bits per heavy atom. The van der Waals surface area contributed by atoms with Gasteiger partial charge in [-0.05, 0) is 18.6 Å². The van der Waals surface area contributed by atoms with Gasteiger partial charge in [0.1, 0.15) is 5.82 Å². The van der Waals surface area contributed by atoms with Crippen molar-refractivity contribution < 1.29 is 9.18 Å². The summed E-state index contributed by atoms with van der Waals surface area (Å²) in [5.41, 5.74) is 6.07. The molecule has 2 atom stereocenters. The van der Waals surface area contributed by atoms with Crippen LogP contribution in [-0.4, -0.2) is 11.8 Å². The van der Waals surface area contributed by atoms with Gasteiger partial charge in [0.25, 0.3) is 0 Å². The topological polar surface area (TPSA) is 43.1 Å². The van der Waals surface area contributed by atoms with Gasteiger partial charge in [0.05, 0.1) is 0 Å². The molecular formula is C12H12FNO. The van der Waals surface area contributed by atoms with Crippen LogP contribution in [-0.2, 0) is 0 Å². The quantitative estimate of drug-likeness (QED) is 0.592.